The van der Waals surface area contributed by atoms with Gasteiger partial charge < -0.3 is 52.5 Å². The van der Waals surface area contributed by atoms with Gasteiger partial charge in [-0.05, 0) is 77.1 Å². The van der Waals surface area contributed by atoms with Gasteiger partial charge >= 0.3 is 17.9 Å². The van der Waals surface area contributed by atoms with Gasteiger partial charge in [-0.2, -0.15) is 0 Å². The Balaban J connectivity index is 1.77. The van der Waals surface area contributed by atoms with E-state index in [0.717, 1.165) is 5.57 Å². The van der Waals surface area contributed by atoms with Crippen molar-refractivity contribution in [2.75, 3.05) is 54.7 Å². The summed E-state index contributed by atoms with van der Waals surface area (Å²) in [5.74, 6) is -3.54. The van der Waals surface area contributed by atoms with Gasteiger partial charge in [0.1, 0.15) is 24.4 Å². The molecule has 364 valence electrons. The number of aliphatic hydroxyl groups is 1. The van der Waals surface area contributed by atoms with Gasteiger partial charge in [-0.15, -0.1) is 0 Å². The van der Waals surface area contributed by atoms with Crippen LogP contribution in [0.2, 0.25) is 0 Å². The molecule has 2 unspecified atom stereocenters. The number of ketones is 1. The fourth-order valence-electron chi connectivity index (χ4n) is 9.71. The zero-order valence-corrected chi connectivity index (χ0v) is 40.2. The Hall–Kier alpha value is -3.06. The van der Waals surface area contributed by atoms with Gasteiger partial charge in [-0.25, -0.2) is 0 Å². The number of methoxy groups -OCH3 is 2. The molecule has 3 fully saturated rings. The van der Waals surface area contributed by atoms with Crippen molar-refractivity contribution in [1.29, 1.82) is 0 Å². The molecule has 1 aliphatic carbocycles. The highest BCUT2D eigenvalue weighted by Gasteiger charge is 2.52. The van der Waals surface area contributed by atoms with Crippen LogP contribution in [0.1, 0.15) is 87.5 Å². The number of ether oxygens (including phenoxy) is 10. The summed E-state index contributed by atoms with van der Waals surface area (Å²) in [6.07, 6.45) is -1.03. The highest BCUT2D eigenvalue weighted by atomic mass is 16.7. The maximum absolute atomic E-state index is 14.3. The molecule has 2 bridgehead atoms. The van der Waals surface area contributed by atoms with Crippen LogP contribution in [0.5, 0.6) is 0 Å². The molecular weight excluding hydrogens is 831 g/mol. The van der Waals surface area contributed by atoms with Crippen molar-refractivity contribution in [3.05, 3.63) is 36.0 Å². The first-order chi connectivity index (χ1) is 30.3. The second-order valence-corrected chi connectivity index (χ2v) is 18.5. The third-order valence-corrected chi connectivity index (χ3v) is 13.2. The van der Waals surface area contributed by atoms with Gasteiger partial charge in [0.15, 0.2) is 18.2 Å². The summed E-state index contributed by atoms with van der Waals surface area (Å²) < 4.78 is 62.2. The van der Waals surface area contributed by atoms with Crippen molar-refractivity contribution in [2.45, 2.75) is 161 Å². The molecule has 0 amide bonds. The van der Waals surface area contributed by atoms with Crippen LogP contribution in [0.25, 0.3) is 0 Å². The van der Waals surface area contributed by atoms with Crippen molar-refractivity contribution >= 4 is 23.7 Å². The number of hydrogen-bond acceptors (Lipinski definition) is 16. The molecule has 0 spiro atoms. The average Bonchev–Trinajstić information content (AvgIpc) is 3.25. The summed E-state index contributed by atoms with van der Waals surface area (Å²) in [7, 11) is 6.71. The average molecular weight is 908 g/mol. The lowest BCUT2D eigenvalue weighted by molar-refractivity contribution is -0.308. The predicted molar refractivity (Wildman–Crippen MR) is 236 cm³/mol. The summed E-state index contributed by atoms with van der Waals surface area (Å²) in [6, 6.07) is -0.656. The number of aliphatic hydroxyl groups excluding tert-OH is 1. The normalized spacial score (nSPS) is 40.1. The number of nitrogens with zero attached hydrogens (tertiary/aromatic N) is 1. The van der Waals surface area contributed by atoms with Crippen LogP contribution in [0.3, 0.4) is 0 Å². The quantitative estimate of drug-likeness (QED) is 0.170. The second kappa shape index (κ2) is 25.2. The Kier molecular flexibility index (Phi) is 21.1. The fraction of sp³-hybridized carbons (Fsp3) is 0.792. The van der Waals surface area contributed by atoms with Crippen LogP contribution in [0.15, 0.2) is 36.0 Å². The van der Waals surface area contributed by atoms with E-state index in [9.17, 15) is 24.3 Å². The molecule has 16 heteroatoms. The topological polar surface area (TPSA) is 184 Å². The first kappa shape index (κ1) is 53.6. The number of carbonyl (C=O) groups is 4. The highest BCUT2D eigenvalue weighted by molar-refractivity contribution is 5.91. The third kappa shape index (κ3) is 14.5. The van der Waals surface area contributed by atoms with E-state index in [1.165, 1.54) is 13.8 Å². The molecule has 0 aromatic rings. The lowest BCUT2D eigenvalue weighted by Crippen LogP contribution is -2.65. The summed E-state index contributed by atoms with van der Waals surface area (Å²) in [4.78, 5) is 55.2. The molecular formula is C48H77NO15. The summed E-state index contributed by atoms with van der Waals surface area (Å²) >= 11 is 0. The van der Waals surface area contributed by atoms with E-state index in [4.69, 9.17) is 47.4 Å². The standard InChI is InChI=1S/C48H77NO15/c1-14-37-35(25-59-39-21-29(5)42(54)47(56-13)45(39)55-12)19-26(2)15-16-36(52)28(4)20-34-17-18-57-23-27(3)24-58-38(22-40(53)63-37)30(6)43(34)64-48-46(62-33(9)51)41(49(10)11)44(31(7)60-48)61-32(8)50/h15-16,19,28-31,34-35,37-39,41-48,54H,3,14,17-18,20-25H2,1-2,4-13H3/b16-15+,26-19+/t28-,29?,30+,31-,34?,35-,37-,38-,39-,41+,42-,43-,44-,45+,46-,47-,48+/m1/s1. The van der Waals surface area contributed by atoms with E-state index in [2.05, 4.69) is 6.58 Å². The Morgan fingerprint density at radius 3 is 2.22 bits per heavy atom. The van der Waals surface area contributed by atoms with E-state index in [1.54, 1.807) is 47.4 Å². The molecule has 2 saturated heterocycles. The van der Waals surface area contributed by atoms with Crippen molar-refractivity contribution in [3.63, 3.8) is 0 Å². The third-order valence-electron chi connectivity index (χ3n) is 13.2. The van der Waals surface area contributed by atoms with Crippen LogP contribution in [0.4, 0.5) is 0 Å². The zero-order chi connectivity index (χ0) is 47.4. The minimum absolute atomic E-state index is 0.0885. The van der Waals surface area contributed by atoms with E-state index in [1.807, 2.05) is 45.6 Å². The number of fused-ring (bicyclic) bond motifs is 3. The Bertz CT molecular complexity index is 1620. The molecule has 4 aliphatic rings. The van der Waals surface area contributed by atoms with Gasteiger partial charge in [0, 0.05) is 52.4 Å². The lowest BCUT2D eigenvalue weighted by Gasteiger charge is -2.48. The first-order valence-corrected chi connectivity index (χ1v) is 22.9. The summed E-state index contributed by atoms with van der Waals surface area (Å²) in [5, 5.41) is 10.9. The summed E-state index contributed by atoms with van der Waals surface area (Å²) in [5.41, 5.74) is 1.47. The van der Waals surface area contributed by atoms with Crippen LogP contribution in [0, 0.1) is 29.6 Å². The molecule has 0 aromatic carbocycles. The van der Waals surface area contributed by atoms with Gasteiger partial charge in [0.05, 0.1) is 62.8 Å². The minimum Gasteiger partial charge on any atom is -0.462 e. The molecule has 1 N–H and O–H groups in total. The number of allylic oxidation sites excluding steroid dienone is 3. The SMILES string of the molecule is C=C1COCCC2C[C@@H](C)C(=O)/C=C/C(C)=C/[C@H](CO[C@@H]3CC(C)[C@@H](O)[C@@H](OC)[C@H]3OC)[C@@H](CC)OC(=O)C[C@@H](OC1)[C@H](C)[C@H]2O[C@@H]1O[C@H](C)[C@@H](OC(C)=O)[C@H](N(C)C)[C@H]1OC(C)=O. The van der Waals surface area contributed by atoms with Crippen LogP contribution >= 0.6 is 0 Å². The van der Waals surface area contributed by atoms with Crippen molar-refractivity contribution in [1.82, 2.24) is 4.90 Å². The summed E-state index contributed by atoms with van der Waals surface area (Å²) in [6.45, 7) is 19.0. The number of hydrogen-bond donors (Lipinski definition) is 1. The maximum Gasteiger partial charge on any atom is 0.308 e. The van der Waals surface area contributed by atoms with Crippen molar-refractivity contribution in [2.24, 2.45) is 29.6 Å². The zero-order valence-electron chi connectivity index (χ0n) is 40.2. The van der Waals surface area contributed by atoms with E-state index < -0.39 is 109 Å². The second-order valence-electron chi connectivity index (χ2n) is 18.5. The van der Waals surface area contributed by atoms with Crippen LogP contribution in [-0.2, 0) is 66.5 Å². The fourth-order valence-corrected chi connectivity index (χ4v) is 9.71. The molecule has 16 nitrogen and oxygen atoms in total. The number of esters is 3. The van der Waals surface area contributed by atoms with Crippen LogP contribution in [-0.4, -0.2) is 162 Å². The van der Waals surface area contributed by atoms with Gasteiger partial charge in [-0.1, -0.05) is 52.0 Å². The van der Waals surface area contributed by atoms with Crippen LogP contribution < -0.4 is 0 Å². The molecule has 64 heavy (non-hydrogen) atoms. The van der Waals surface area contributed by atoms with Crippen molar-refractivity contribution < 1.29 is 71.7 Å². The molecule has 0 radical (unpaired) electrons. The number of rotatable bonds is 11. The molecule has 0 aromatic heterocycles. The predicted octanol–water partition coefficient (Wildman–Crippen LogP) is 4.78. The van der Waals surface area contributed by atoms with E-state index in [-0.39, 0.29) is 43.9 Å². The molecule has 3 aliphatic heterocycles. The molecule has 4 rings (SSSR count). The van der Waals surface area contributed by atoms with Gasteiger partial charge in [0.25, 0.3) is 0 Å². The number of carbonyl (C=O) groups excluding carboxylic acids is 4. The lowest BCUT2D eigenvalue weighted by atomic mass is 9.79. The highest BCUT2D eigenvalue weighted by Crippen LogP contribution is 2.38. The smallest absolute Gasteiger partial charge is 0.308 e. The Morgan fingerprint density at radius 2 is 1.59 bits per heavy atom. The Morgan fingerprint density at radius 1 is 0.922 bits per heavy atom. The maximum atomic E-state index is 14.3. The number of likely N-dealkylation sites (N-methyl/N-ethyl adjacent to an activating group) is 1. The van der Waals surface area contributed by atoms with Gasteiger partial charge in [0.2, 0.25) is 0 Å². The Labute approximate surface area is 380 Å². The van der Waals surface area contributed by atoms with E-state index in [0.29, 0.717) is 37.9 Å². The largest absolute Gasteiger partial charge is 0.462 e. The van der Waals surface area contributed by atoms with E-state index >= 15 is 0 Å². The van der Waals surface area contributed by atoms with Crippen molar-refractivity contribution in [3.8, 4) is 0 Å². The minimum atomic E-state index is -1.15. The number of cyclic esters (lactones) is 1. The monoisotopic (exact) mass is 908 g/mol. The first-order valence-electron chi connectivity index (χ1n) is 22.9. The molecule has 1 saturated carbocycles. The molecule has 17 atom stereocenters. The van der Waals surface area contributed by atoms with Gasteiger partial charge in [-0.3, -0.25) is 24.1 Å². The molecule has 3 heterocycles.